The molecule has 3 atom stereocenters. The number of carbonyl (C=O) groups excluding carboxylic acids is 2. The molecule has 1 N–H and O–H groups in total. The summed E-state index contributed by atoms with van der Waals surface area (Å²) < 4.78 is 6.03. The lowest BCUT2D eigenvalue weighted by atomic mass is 10.1. The molecule has 2 aliphatic rings. The molecule has 5 nitrogen and oxygen atoms in total. The number of hydrogen-bond donors (Lipinski definition) is 1. The topological polar surface area (TPSA) is 58.6 Å². The number of benzene rings is 2. The molecule has 2 heterocycles. The first kappa shape index (κ1) is 18.1. The van der Waals surface area contributed by atoms with Crippen LogP contribution in [0.25, 0.3) is 0 Å². The van der Waals surface area contributed by atoms with E-state index in [1.165, 1.54) is 11.8 Å². The Labute approximate surface area is 163 Å². The molecule has 27 heavy (non-hydrogen) atoms. The number of nitrogens with one attached hydrogen (secondary N) is 1. The molecule has 0 saturated carbocycles. The molecule has 0 aliphatic carbocycles. The van der Waals surface area contributed by atoms with Gasteiger partial charge in [0, 0.05) is 17.9 Å². The second-order valence-electron chi connectivity index (χ2n) is 6.94. The summed E-state index contributed by atoms with van der Waals surface area (Å²) in [4.78, 5) is 28.2. The Kier molecular flexibility index (Phi) is 5.18. The van der Waals surface area contributed by atoms with Crippen molar-refractivity contribution in [2.45, 2.75) is 35.7 Å². The number of para-hydroxylation sites is 1. The molecule has 2 aliphatic heterocycles. The fourth-order valence-electron chi connectivity index (χ4n) is 3.52. The molecule has 0 unspecified atom stereocenters. The Morgan fingerprint density at radius 3 is 2.70 bits per heavy atom. The number of ether oxygens (including phenoxy) is 1. The van der Waals surface area contributed by atoms with Gasteiger partial charge in [-0.3, -0.25) is 9.59 Å². The Morgan fingerprint density at radius 1 is 1.15 bits per heavy atom. The van der Waals surface area contributed by atoms with E-state index in [-0.39, 0.29) is 30.4 Å². The number of carbonyl (C=O) groups is 2. The summed E-state index contributed by atoms with van der Waals surface area (Å²) in [7, 11) is 0. The normalized spacial score (nSPS) is 24.9. The van der Waals surface area contributed by atoms with Crippen LogP contribution in [-0.2, 0) is 14.3 Å². The largest absolute Gasteiger partial charge is 0.367 e. The second kappa shape index (κ2) is 7.74. The quantitative estimate of drug-likeness (QED) is 0.883. The van der Waals surface area contributed by atoms with Gasteiger partial charge in [0.25, 0.3) is 0 Å². The van der Waals surface area contributed by atoms with E-state index in [2.05, 4.69) is 5.32 Å². The molecule has 0 aromatic heterocycles. The van der Waals surface area contributed by atoms with Crippen molar-refractivity contribution in [1.82, 2.24) is 4.90 Å². The molecule has 6 heteroatoms. The van der Waals surface area contributed by atoms with Crippen LogP contribution < -0.4 is 5.32 Å². The van der Waals surface area contributed by atoms with Gasteiger partial charge in [0.05, 0.1) is 23.6 Å². The van der Waals surface area contributed by atoms with Crippen molar-refractivity contribution in [3.63, 3.8) is 0 Å². The lowest BCUT2D eigenvalue weighted by Crippen LogP contribution is -2.47. The van der Waals surface area contributed by atoms with Crippen molar-refractivity contribution in [2.75, 3.05) is 18.4 Å². The molecule has 2 amide bonds. The predicted molar refractivity (Wildman–Crippen MR) is 106 cm³/mol. The SMILES string of the molecule is C[C@@H]1CN(C(=O)C[C@H]2Sc3ccccc3NC2=O)C[C@H](c2ccccc2)O1. The third kappa shape index (κ3) is 4.01. The molecule has 1 saturated heterocycles. The highest BCUT2D eigenvalue weighted by Crippen LogP contribution is 2.37. The molecule has 0 radical (unpaired) electrons. The summed E-state index contributed by atoms with van der Waals surface area (Å²) in [5.41, 5.74) is 1.89. The number of fused-ring (bicyclic) bond motifs is 1. The summed E-state index contributed by atoms with van der Waals surface area (Å²) in [6, 6.07) is 17.6. The van der Waals surface area contributed by atoms with Gasteiger partial charge >= 0.3 is 0 Å². The Hall–Kier alpha value is -2.31. The standard InChI is InChI=1S/C21H22N2O3S/c1-14-12-23(13-17(26-14)15-7-3-2-4-8-15)20(24)11-19-21(25)22-16-9-5-6-10-18(16)27-19/h2-10,14,17,19H,11-13H2,1H3,(H,22,25)/t14-,17-,19-/m1/s1. The van der Waals surface area contributed by atoms with Gasteiger partial charge in [-0.15, -0.1) is 11.8 Å². The molecule has 0 bridgehead atoms. The zero-order valence-electron chi connectivity index (χ0n) is 15.1. The van der Waals surface area contributed by atoms with Gasteiger partial charge in [0.15, 0.2) is 0 Å². The number of nitrogens with zero attached hydrogens (tertiary/aromatic N) is 1. The number of anilines is 1. The highest BCUT2D eigenvalue weighted by molar-refractivity contribution is 8.01. The van der Waals surface area contributed by atoms with Gasteiger partial charge in [-0.1, -0.05) is 42.5 Å². The van der Waals surface area contributed by atoms with Crippen LogP contribution in [0.5, 0.6) is 0 Å². The van der Waals surface area contributed by atoms with Crippen molar-refractivity contribution in [1.29, 1.82) is 0 Å². The van der Waals surface area contributed by atoms with Gasteiger partial charge in [0.2, 0.25) is 11.8 Å². The van der Waals surface area contributed by atoms with Crippen molar-refractivity contribution in [3.8, 4) is 0 Å². The molecule has 1 fully saturated rings. The lowest BCUT2D eigenvalue weighted by Gasteiger charge is -2.37. The highest BCUT2D eigenvalue weighted by atomic mass is 32.2. The van der Waals surface area contributed by atoms with E-state index < -0.39 is 5.25 Å². The summed E-state index contributed by atoms with van der Waals surface area (Å²) in [6.45, 7) is 3.05. The zero-order valence-corrected chi connectivity index (χ0v) is 15.9. The van der Waals surface area contributed by atoms with Crippen molar-refractivity contribution in [3.05, 3.63) is 60.2 Å². The number of hydrogen-bond acceptors (Lipinski definition) is 4. The minimum absolute atomic E-state index is 0.00175. The monoisotopic (exact) mass is 382 g/mol. The molecule has 140 valence electrons. The summed E-state index contributed by atoms with van der Waals surface area (Å²) in [6.07, 6.45) is 0.0212. The average molecular weight is 382 g/mol. The van der Waals surface area contributed by atoms with Gasteiger partial charge in [-0.2, -0.15) is 0 Å². The minimum atomic E-state index is -0.402. The van der Waals surface area contributed by atoms with E-state index in [1.807, 2.05) is 66.4 Å². The molecular weight excluding hydrogens is 360 g/mol. The Balaban J connectivity index is 1.44. The van der Waals surface area contributed by atoms with Crippen LogP contribution in [0.3, 0.4) is 0 Å². The van der Waals surface area contributed by atoms with Gasteiger partial charge in [-0.25, -0.2) is 0 Å². The van der Waals surface area contributed by atoms with E-state index in [1.54, 1.807) is 0 Å². The van der Waals surface area contributed by atoms with Gasteiger partial charge in [0.1, 0.15) is 6.10 Å². The first-order valence-electron chi connectivity index (χ1n) is 9.15. The van der Waals surface area contributed by atoms with Crippen molar-refractivity contribution < 1.29 is 14.3 Å². The number of amides is 2. The van der Waals surface area contributed by atoms with Crippen LogP contribution in [0.15, 0.2) is 59.5 Å². The molecular formula is C21H22N2O3S. The number of rotatable bonds is 3. The van der Waals surface area contributed by atoms with Crippen molar-refractivity contribution >= 4 is 29.3 Å². The third-order valence-corrected chi connectivity index (χ3v) is 6.13. The van der Waals surface area contributed by atoms with Crippen LogP contribution in [0.1, 0.15) is 25.0 Å². The summed E-state index contributed by atoms with van der Waals surface area (Å²) >= 11 is 1.46. The van der Waals surface area contributed by atoms with Crippen LogP contribution >= 0.6 is 11.8 Å². The smallest absolute Gasteiger partial charge is 0.238 e. The second-order valence-corrected chi connectivity index (χ2v) is 8.19. The Bertz CT molecular complexity index is 842. The number of morpholine rings is 1. The lowest BCUT2D eigenvalue weighted by molar-refractivity contribution is -0.145. The minimum Gasteiger partial charge on any atom is -0.367 e. The first-order valence-corrected chi connectivity index (χ1v) is 10.0. The molecule has 2 aromatic carbocycles. The van der Waals surface area contributed by atoms with E-state index >= 15 is 0 Å². The molecule has 2 aromatic rings. The maximum atomic E-state index is 12.9. The fraction of sp³-hybridized carbons (Fsp3) is 0.333. The van der Waals surface area contributed by atoms with E-state index in [9.17, 15) is 9.59 Å². The average Bonchev–Trinajstić information content (AvgIpc) is 2.68. The third-order valence-electron chi connectivity index (χ3n) is 4.85. The van der Waals surface area contributed by atoms with Crippen LogP contribution in [0.2, 0.25) is 0 Å². The Morgan fingerprint density at radius 2 is 1.89 bits per heavy atom. The van der Waals surface area contributed by atoms with Crippen LogP contribution in [-0.4, -0.2) is 41.2 Å². The number of thioether (sulfide) groups is 1. The maximum absolute atomic E-state index is 12.9. The van der Waals surface area contributed by atoms with Gasteiger partial charge in [-0.05, 0) is 24.6 Å². The predicted octanol–water partition coefficient (Wildman–Crippen LogP) is 3.48. The van der Waals surface area contributed by atoms with Crippen molar-refractivity contribution in [2.24, 2.45) is 0 Å². The van der Waals surface area contributed by atoms with E-state index in [0.717, 1.165) is 16.1 Å². The zero-order chi connectivity index (χ0) is 18.8. The fourth-order valence-corrected chi connectivity index (χ4v) is 4.62. The van der Waals surface area contributed by atoms with Crippen LogP contribution in [0.4, 0.5) is 5.69 Å². The van der Waals surface area contributed by atoms with Gasteiger partial charge < -0.3 is 15.0 Å². The molecule has 0 spiro atoms. The van der Waals surface area contributed by atoms with E-state index in [4.69, 9.17) is 4.74 Å². The highest BCUT2D eigenvalue weighted by Gasteiger charge is 2.34. The van der Waals surface area contributed by atoms with Crippen LogP contribution in [0, 0.1) is 0 Å². The molecule has 4 rings (SSSR count). The summed E-state index contributed by atoms with van der Waals surface area (Å²) in [5.74, 6) is -0.105. The van der Waals surface area contributed by atoms with E-state index in [0.29, 0.717) is 13.1 Å². The summed E-state index contributed by atoms with van der Waals surface area (Å²) in [5, 5.41) is 2.50. The maximum Gasteiger partial charge on any atom is 0.238 e. The first-order chi connectivity index (χ1) is 13.1.